The number of aliphatic hydroxyl groups excluding tert-OH is 1. The highest BCUT2D eigenvalue weighted by Crippen LogP contribution is 2.19. The van der Waals surface area contributed by atoms with Crippen LogP contribution in [0, 0.1) is 0 Å². The first kappa shape index (κ1) is 18.2. The summed E-state index contributed by atoms with van der Waals surface area (Å²) < 4.78 is 0. The van der Waals surface area contributed by atoms with Gasteiger partial charge in [-0.25, -0.2) is 0 Å². The van der Waals surface area contributed by atoms with Crippen LogP contribution in [0.25, 0.3) is 0 Å². The molecule has 24 heavy (non-hydrogen) atoms. The topological polar surface area (TPSA) is 40.5 Å². The molecule has 0 radical (unpaired) electrons. The highest BCUT2D eigenvalue weighted by atomic mass is 16.2. The van der Waals surface area contributed by atoms with E-state index in [0.29, 0.717) is 13.0 Å². The minimum atomic E-state index is 0.251. The maximum Gasteiger partial charge on any atom is 0.227 e. The number of benzene rings is 2. The van der Waals surface area contributed by atoms with Crippen molar-refractivity contribution in [2.75, 3.05) is 18.1 Å². The van der Waals surface area contributed by atoms with Crippen molar-refractivity contribution in [2.45, 2.75) is 38.5 Å². The van der Waals surface area contributed by atoms with Gasteiger partial charge >= 0.3 is 0 Å². The molecule has 0 atom stereocenters. The molecular formula is C21H27NO2. The third-order valence-electron chi connectivity index (χ3n) is 4.11. The van der Waals surface area contributed by atoms with Crippen molar-refractivity contribution in [3.05, 3.63) is 66.2 Å². The van der Waals surface area contributed by atoms with Crippen molar-refractivity contribution in [3.63, 3.8) is 0 Å². The lowest BCUT2D eigenvalue weighted by Crippen LogP contribution is -2.23. The summed E-state index contributed by atoms with van der Waals surface area (Å²) in [5.41, 5.74) is 2.43. The molecule has 128 valence electrons. The van der Waals surface area contributed by atoms with Crippen LogP contribution in [0.5, 0.6) is 0 Å². The fourth-order valence-electron chi connectivity index (χ4n) is 2.79. The number of carbonyl (C=O) groups is 1. The second kappa shape index (κ2) is 10.6. The predicted octanol–water partition coefficient (Wildman–Crippen LogP) is 4.21. The van der Waals surface area contributed by atoms with Crippen LogP contribution in [0.15, 0.2) is 60.7 Å². The Labute approximate surface area is 144 Å². The molecule has 0 bridgehead atoms. The van der Waals surface area contributed by atoms with E-state index in [4.69, 9.17) is 5.11 Å². The number of hydrogen-bond acceptors (Lipinski definition) is 2. The number of nitrogens with zero attached hydrogens (tertiary/aromatic N) is 1. The van der Waals surface area contributed by atoms with Crippen molar-refractivity contribution in [1.29, 1.82) is 0 Å². The third kappa shape index (κ3) is 6.17. The zero-order valence-corrected chi connectivity index (χ0v) is 14.2. The Hall–Kier alpha value is -2.13. The fraction of sp³-hybridized carbons (Fsp3) is 0.381. The van der Waals surface area contributed by atoms with E-state index in [9.17, 15) is 4.79 Å². The average molecular weight is 325 g/mol. The van der Waals surface area contributed by atoms with Crippen LogP contribution >= 0.6 is 0 Å². The highest BCUT2D eigenvalue weighted by molar-refractivity contribution is 5.95. The van der Waals surface area contributed by atoms with Crippen molar-refractivity contribution in [2.24, 2.45) is 0 Å². The van der Waals surface area contributed by atoms with E-state index >= 15 is 0 Å². The van der Waals surface area contributed by atoms with Crippen LogP contribution in [-0.4, -0.2) is 24.2 Å². The number of aryl methyl sites for hydroxylation is 1. The Morgan fingerprint density at radius 3 is 2.12 bits per heavy atom. The van der Waals surface area contributed by atoms with Crippen LogP contribution in [0.1, 0.15) is 37.7 Å². The van der Waals surface area contributed by atoms with Crippen LogP contribution < -0.4 is 4.90 Å². The molecule has 1 fully saturated rings. The normalized spacial score (nSPS) is 13.5. The Morgan fingerprint density at radius 1 is 0.875 bits per heavy atom. The summed E-state index contributed by atoms with van der Waals surface area (Å²) in [6.45, 7) is 1.21. The van der Waals surface area contributed by atoms with E-state index in [1.165, 1.54) is 12.0 Å². The molecule has 0 aliphatic carbocycles. The van der Waals surface area contributed by atoms with Gasteiger partial charge in [0.25, 0.3) is 0 Å². The zero-order valence-electron chi connectivity index (χ0n) is 14.2. The highest BCUT2D eigenvalue weighted by Gasteiger charge is 2.20. The molecule has 3 heteroatoms. The summed E-state index contributed by atoms with van der Waals surface area (Å²) in [5, 5.41) is 8.56. The smallest absolute Gasteiger partial charge is 0.227 e. The first-order chi connectivity index (χ1) is 11.8. The maximum absolute atomic E-state index is 11.3. The molecule has 0 unspecified atom stereocenters. The van der Waals surface area contributed by atoms with Crippen LogP contribution in [0.2, 0.25) is 0 Å². The Balaban J connectivity index is 0.000000174. The second-order valence-electron chi connectivity index (χ2n) is 6.00. The van der Waals surface area contributed by atoms with Gasteiger partial charge < -0.3 is 10.0 Å². The summed E-state index contributed by atoms with van der Waals surface area (Å²) in [6, 6.07) is 20.3. The lowest BCUT2D eigenvalue weighted by atomic mass is 10.1. The van der Waals surface area contributed by atoms with Crippen LogP contribution in [-0.2, 0) is 11.2 Å². The third-order valence-corrected chi connectivity index (χ3v) is 4.11. The first-order valence-electron chi connectivity index (χ1n) is 8.81. The van der Waals surface area contributed by atoms with Gasteiger partial charge in [0.2, 0.25) is 5.91 Å². The van der Waals surface area contributed by atoms with E-state index in [-0.39, 0.29) is 5.91 Å². The van der Waals surface area contributed by atoms with Crippen LogP contribution in [0.3, 0.4) is 0 Å². The largest absolute Gasteiger partial charge is 0.396 e. The number of amides is 1. The van der Waals surface area contributed by atoms with Gasteiger partial charge in [0.05, 0.1) is 0 Å². The monoisotopic (exact) mass is 325 g/mol. The molecule has 0 aromatic heterocycles. The number of hydrogen-bond donors (Lipinski definition) is 1. The lowest BCUT2D eigenvalue weighted by molar-refractivity contribution is -0.117. The molecule has 1 amide bonds. The summed E-state index contributed by atoms with van der Waals surface area (Å²) in [6.07, 6.45) is 6.09. The van der Waals surface area contributed by atoms with Gasteiger partial charge in [0, 0.05) is 25.3 Å². The maximum atomic E-state index is 11.3. The second-order valence-corrected chi connectivity index (χ2v) is 6.00. The standard InChI is InChI=1S/C11H16O.C10H11NO/c12-10-6-2-5-9-11-7-3-1-4-8-11;12-10-7-4-8-11(10)9-5-2-1-3-6-9/h1,3-4,7-8,12H,2,5-6,9-10H2;1-3,5-6H,4,7-8H2. The van der Waals surface area contributed by atoms with E-state index in [0.717, 1.165) is 37.9 Å². The minimum Gasteiger partial charge on any atom is -0.396 e. The molecule has 1 heterocycles. The summed E-state index contributed by atoms with van der Waals surface area (Å²) in [7, 11) is 0. The molecule has 3 rings (SSSR count). The van der Waals surface area contributed by atoms with Crippen molar-refractivity contribution < 1.29 is 9.90 Å². The predicted molar refractivity (Wildman–Crippen MR) is 99.1 cm³/mol. The Morgan fingerprint density at radius 2 is 1.54 bits per heavy atom. The minimum absolute atomic E-state index is 0.251. The van der Waals surface area contributed by atoms with Crippen molar-refractivity contribution >= 4 is 11.6 Å². The summed E-state index contributed by atoms with van der Waals surface area (Å²) >= 11 is 0. The van der Waals surface area contributed by atoms with Gasteiger partial charge in [0.15, 0.2) is 0 Å². The number of para-hydroxylation sites is 1. The summed E-state index contributed by atoms with van der Waals surface area (Å²) in [5.74, 6) is 0.251. The number of carbonyl (C=O) groups excluding carboxylic acids is 1. The zero-order chi connectivity index (χ0) is 17.0. The van der Waals surface area contributed by atoms with Gasteiger partial charge in [0.1, 0.15) is 0 Å². The first-order valence-corrected chi connectivity index (χ1v) is 8.81. The van der Waals surface area contributed by atoms with Gasteiger partial charge in [-0.3, -0.25) is 4.79 Å². The van der Waals surface area contributed by atoms with Crippen molar-refractivity contribution in [3.8, 4) is 0 Å². The van der Waals surface area contributed by atoms with E-state index in [1.54, 1.807) is 0 Å². The SMILES string of the molecule is O=C1CCCN1c1ccccc1.OCCCCCc1ccccc1. The average Bonchev–Trinajstić information content (AvgIpc) is 3.07. The Bertz CT molecular complexity index is 583. The molecule has 3 nitrogen and oxygen atoms in total. The Kier molecular flexibility index (Phi) is 8.05. The van der Waals surface area contributed by atoms with Gasteiger partial charge in [-0.05, 0) is 43.4 Å². The van der Waals surface area contributed by atoms with Crippen molar-refractivity contribution in [1.82, 2.24) is 0 Å². The molecule has 2 aromatic rings. The fourth-order valence-corrected chi connectivity index (χ4v) is 2.79. The van der Waals surface area contributed by atoms with Gasteiger partial charge in [-0.15, -0.1) is 0 Å². The molecule has 2 aromatic carbocycles. The lowest BCUT2D eigenvalue weighted by Gasteiger charge is -2.14. The van der Waals surface area contributed by atoms with E-state index in [2.05, 4.69) is 24.3 Å². The number of rotatable bonds is 6. The number of anilines is 1. The summed E-state index contributed by atoms with van der Waals surface area (Å²) in [4.78, 5) is 13.1. The quantitative estimate of drug-likeness (QED) is 0.808. The molecule has 1 N–H and O–H groups in total. The molecular weight excluding hydrogens is 298 g/mol. The number of unbranched alkanes of at least 4 members (excludes halogenated alkanes) is 2. The van der Waals surface area contributed by atoms with Gasteiger partial charge in [-0.2, -0.15) is 0 Å². The molecule has 1 aliphatic heterocycles. The van der Waals surface area contributed by atoms with Crippen LogP contribution in [0.4, 0.5) is 5.69 Å². The molecule has 1 aliphatic rings. The van der Waals surface area contributed by atoms with E-state index in [1.807, 2.05) is 41.3 Å². The molecule has 1 saturated heterocycles. The van der Waals surface area contributed by atoms with Gasteiger partial charge in [-0.1, -0.05) is 55.0 Å². The molecule has 0 spiro atoms. The van der Waals surface area contributed by atoms with E-state index < -0.39 is 0 Å². The number of aliphatic hydroxyl groups is 1. The molecule has 0 saturated carbocycles.